The molecule has 0 aliphatic rings. The monoisotopic (exact) mass is 319 g/mol. The molecule has 0 bridgehead atoms. The molecule has 0 saturated carbocycles. The normalized spacial score (nSPS) is 10.4. The summed E-state index contributed by atoms with van der Waals surface area (Å²) < 4.78 is 0. The SMILES string of the molecule is CNc1ncc(Cl)c(Sc2cc(Cl)ccc2Cl)n1. The van der Waals surface area contributed by atoms with E-state index in [-0.39, 0.29) is 0 Å². The highest BCUT2D eigenvalue weighted by Gasteiger charge is 2.10. The third kappa shape index (κ3) is 3.20. The second-order valence-electron chi connectivity index (χ2n) is 3.27. The molecule has 0 saturated heterocycles. The Bertz CT molecular complexity index is 577. The summed E-state index contributed by atoms with van der Waals surface area (Å²) in [5, 5.41) is 5.16. The summed E-state index contributed by atoms with van der Waals surface area (Å²) in [5.41, 5.74) is 0. The molecule has 0 radical (unpaired) electrons. The predicted octanol–water partition coefficient (Wildman–Crippen LogP) is 4.63. The van der Waals surface area contributed by atoms with Gasteiger partial charge < -0.3 is 5.32 Å². The fraction of sp³-hybridized carbons (Fsp3) is 0.0909. The molecule has 0 fully saturated rings. The first-order valence-electron chi connectivity index (χ1n) is 4.93. The Balaban J connectivity index is 2.36. The molecule has 7 heteroatoms. The van der Waals surface area contributed by atoms with Crippen LogP contribution in [-0.4, -0.2) is 17.0 Å². The van der Waals surface area contributed by atoms with Crippen LogP contribution in [0.2, 0.25) is 15.1 Å². The second kappa shape index (κ2) is 5.97. The van der Waals surface area contributed by atoms with Crippen LogP contribution in [-0.2, 0) is 0 Å². The van der Waals surface area contributed by atoms with E-state index in [4.69, 9.17) is 34.8 Å². The number of nitrogens with one attached hydrogen (secondary N) is 1. The first kappa shape index (κ1) is 13.7. The van der Waals surface area contributed by atoms with Crippen LogP contribution in [0.5, 0.6) is 0 Å². The van der Waals surface area contributed by atoms with Gasteiger partial charge in [0, 0.05) is 17.0 Å². The van der Waals surface area contributed by atoms with Gasteiger partial charge in [0.05, 0.1) is 16.2 Å². The third-order valence-corrected chi connectivity index (χ3v) is 4.16. The molecule has 2 rings (SSSR count). The first-order valence-corrected chi connectivity index (χ1v) is 6.88. The van der Waals surface area contributed by atoms with Gasteiger partial charge in [0.2, 0.25) is 5.95 Å². The Morgan fingerprint density at radius 2 is 1.94 bits per heavy atom. The molecule has 1 aromatic carbocycles. The fourth-order valence-corrected chi connectivity index (χ4v) is 2.72. The second-order valence-corrected chi connectivity index (χ2v) is 5.55. The number of nitrogens with zero attached hydrogens (tertiary/aromatic N) is 2. The maximum absolute atomic E-state index is 6.09. The molecule has 1 heterocycles. The highest BCUT2D eigenvalue weighted by atomic mass is 35.5. The highest BCUT2D eigenvalue weighted by molar-refractivity contribution is 7.99. The first-order chi connectivity index (χ1) is 8.60. The zero-order chi connectivity index (χ0) is 13.1. The molecular weight excluding hydrogens is 313 g/mol. The van der Waals surface area contributed by atoms with Gasteiger partial charge in [0.1, 0.15) is 5.03 Å². The van der Waals surface area contributed by atoms with E-state index in [1.807, 2.05) is 0 Å². The molecule has 1 N–H and O–H groups in total. The average molecular weight is 321 g/mol. The van der Waals surface area contributed by atoms with Crippen molar-refractivity contribution < 1.29 is 0 Å². The number of rotatable bonds is 3. The maximum atomic E-state index is 6.09. The lowest BCUT2D eigenvalue weighted by molar-refractivity contribution is 1.05. The summed E-state index contributed by atoms with van der Waals surface area (Å²) in [6, 6.07) is 5.24. The van der Waals surface area contributed by atoms with Crippen molar-refractivity contribution in [1.29, 1.82) is 0 Å². The summed E-state index contributed by atoms with van der Waals surface area (Å²) in [5.74, 6) is 0.500. The summed E-state index contributed by atoms with van der Waals surface area (Å²) in [7, 11) is 1.74. The topological polar surface area (TPSA) is 37.8 Å². The van der Waals surface area contributed by atoms with Crippen molar-refractivity contribution in [3.05, 3.63) is 39.5 Å². The van der Waals surface area contributed by atoms with Gasteiger partial charge in [-0.1, -0.05) is 46.6 Å². The van der Waals surface area contributed by atoms with E-state index in [1.54, 1.807) is 31.4 Å². The van der Waals surface area contributed by atoms with Crippen LogP contribution in [0.15, 0.2) is 34.3 Å². The number of aromatic nitrogens is 2. The lowest BCUT2D eigenvalue weighted by Crippen LogP contribution is -1.97. The van der Waals surface area contributed by atoms with Crippen molar-refractivity contribution in [1.82, 2.24) is 9.97 Å². The van der Waals surface area contributed by atoms with Gasteiger partial charge in [-0.15, -0.1) is 0 Å². The van der Waals surface area contributed by atoms with Crippen LogP contribution in [0.1, 0.15) is 0 Å². The Kier molecular flexibility index (Phi) is 4.56. The molecule has 0 atom stereocenters. The molecule has 3 nitrogen and oxygen atoms in total. The molecule has 0 spiro atoms. The molecule has 0 amide bonds. The van der Waals surface area contributed by atoms with E-state index < -0.39 is 0 Å². The minimum atomic E-state index is 0.468. The molecule has 0 aliphatic heterocycles. The summed E-state index contributed by atoms with van der Waals surface area (Å²) in [6.45, 7) is 0. The van der Waals surface area contributed by atoms with Crippen molar-refractivity contribution >= 4 is 52.5 Å². The Hall–Kier alpha value is -0.680. The quantitative estimate of drug-likeness (QED) is 0.837. The third-order valence-electron chi connectivity index (χ3n) is 2.04. The fourth-order valence-electron chi connectivity index (χ4n) is 1.20. The zero-order valence-corrected chi connectivity index (χ0v) is 12.3. The summed E-state index contributed by atoms with van der Waals surface area (Å²) >= 11 is 19.4. The van der Waals surface area contributed by atoms with Crippen molar-refractivity contribution in [3.8, 4) is 0 Å². The number of hydrogen-bond donors (Lipinski definition) is 1. The minimum Gasteiger partial charge on any atom is -0.357 e. The molecular formula is C11H8Cl3N3S. The van der Waals surface area contributed by atoms with Crippen LogP contribution in [0.25, 0.3) is 0 Å². The smallest absolute Gasteiger partial charge is 0.223 e. The van der Waals surface area contributed by atoms with Crippen LogP contribution in [0.4, 0.5) is 5.95 Å². The Morgan fingerprint density at radius 3 is 2.67 bits per heavy atom. The van der Waals surface area contributed by atoms with Gasteiger partial charge in [0.25, 0.3) is 0 Å². The Labute approximate surface area is 124 Å². The lowest BCUT2D eigenvalue weighted by Gasteiger charge is -2.07. The maximum Gasteiger partial charge on any atom is 0.223 e. The Morgan fingerprint density at radius 1 is 1.17 bits per heavy atom. The van der Waals surface area contributed by atoms with Crippen molar-refractivity contribution in [3.63, 3.8) is 0 Å². The number of benzene rings is 1. The number of hydrogen-bond acceptors (Lipinski definition) is 4. The molecule has 18 heavy (non-hydrogen) atoms. The number of halogens is 3. The van der Waals surface area contributed by atoms with Crippen LogP contribution in [0, 0.1) is 0 Å². The van der Waals surface area contributed by atoms with Gasteiger partial charge in [-0.05, 0) is 18.2 Å². The van der Waals surface area contributed by atoms with Crippen LogP contribution >= 0.6 is 46.6 Å². The summed E-state index contributed by atoms with van der Waals surface area (Å²) in [4.78, 5) is 9.07. The van der Waals surface area contributed by atoms with E-state index in [1.165, 1.54) is 11.8 Å². The van der Waals surface area contributed by atoms with Crippen molar-refractivity contribution in [2.75, 3.05) is 12.4 Å². The van der Waals surface area contributed by atoms with E-state index in [9.17, 15) is 0 Å². The van der Waals surface area contributed by atoms with Gasteiger partial charge in [-0.25, -0.2) is 9.97 Å². The molecule has 94 valence electrons. The number of anilines is 1. The standard InChI is InChI=1S/C11H8Cl3N3S/c1-15-11-16-5-8(14)10(17-11)18-9-4-6(12)2-3-7(9)13/h2-5H,1H3,(H,15,16,17). The van der Waals surface area contributed by atoms with Gasteiger partial charge in [0.15, 0.2) is 0 Å². The molecule has 0 aliphatic carbocycles. The van der Waals surface area contributed by atoms with E-state index in [2.05, 4.69) is 15.3 Å². The van der Waals surface area contributed by atoms with Crippen molar-refractivity contribution in [2.45, 2.75) is 9.92 Å². The summed E-state index contributed by atoms with van der Waals surface area (Å²) in [6.07, 6.45) is 1.54. The average Bonchev–Trinajstić information content (AvgIpc) is 2.36. The van der Waals surface area contributed by atoms with Gasteiger partial charge in [-0.2, -0.15) is 0 Å². The highest BCUT2D eigenvalue weighted by Crippen LogP contribution is 2.37. The van der Waals surface area contributed by atoms with Crippen LogP contribution in [0.3, 0.4) is 0 Å². The lowest BCUT2D eigenvalue weighted by atomic mass is 10.4. The molecule has 0 unspecified atom stereocenters. The van der Waals surface area contributed by atoms with Crippen molar-refractivity contribution in [2.24, 2.45) is 0 Å². The van der Waals surface area contributed by atoms with Gasteiger partial charge in [-0.3, -0.25) is 0 Å². The molecule has 1 aromatic heterocycles. The predicted molar refractivity (Wildman–Crippen MR) is 77.2 cm³/mol. The zero-order valence-electron chi connectivity index (χ0n) is 9.25. The largest absolute Gasteiger partial charge is 0.357 e. The van der Waals surface area contributed by atoms with Crippen LogP contribution < -0.4 is 5.32 Å². The van der Waals surface area contributed by atoms with E-state index in [0.717, 1.165) is 4.90 Å². The molecule has 2 aromatic rings. The van der Waals surface area contributed by atoms with Gasteiger partial charge >= 0.3 is 0 Å². The van der Waals surface area contributed by atoms with E-state index in [0.29, 0.717) is 26.0 Å². The van der Waals surface area contributed by atoms with E-state index >= 15 is 0 Å². The minimum absolute atomic E-state index is 0.468.